The molecule has 0 aliphatic carbocycles. The standard InChI is InChI=1S/C33H38IN3O2/c1-6-7-10-25(34)11-9-18-39-29-13-8-12-28(30(29)38)33-36-31(26-16-14-21(2)19-23(26)4)35-32(37-33)27-17-15-22(3)20-24(27)5/h8,12-17,19-20,25,38H,6-7,9-11,18H2,1-5H3. The summed E-state index contributed by atoms with van der Waals surface area (Å²) in [6.45, 7) is 11.1. The monoisotopic (exact) mass is 635 g/mol. The Labute approximate surface area is 246 Å². The van der Waals surface area contributed by atoms with Gasteiger partial charge in [-0.15, -0.1) is 0 Å². The van der Waals surface area contributed by atoms with Crippen molar-refractivity contribution in [3.63, 3.8) is 0 Å². The predicted octanol–water partition coefficient (Wildman–Crippen LogP) is 8.96. The van der Waals surface area contributed by atoms with Crippen LogP contribution in [0.3, 0.4) is 0 Å². The third-order valence-electron chi connectivity index (χ3n) is 6.91. The van der Waals surface area contributed by atoms with Gasteiger partial charge in [0.05, 0.1) is 12.2 Å². The third kappa shape index (κ3) is 7.35. The number of hydrogen-bond acceptors (Lipinski definition) is 5. The second-order valence-electron chi connectivity index (χ2n) is 10.3. The molecule has 1 atom stereocenters. The van der Waals surface area contributed by atoms with Gasteiger partial charge in [-0.1, -0.05) is 95.9 Å². The van der Waals surface area contributed by atoms with E-state index in [4.69, 9.17) is 19.7 Å². The SMILES string of the molecule is CCCCC(I)CCCOc1cccc(-c2nc(-c3ccc(C)cc3C)nc(-c3ccc(C)cc3C)n2)c1O. The molecular weight excluding hydrogens is 597 g/mol. The maximum absolute atomic E-state index is 11.2. The number of hydrogen-bond donors (Lipinski definition) is 1. The third-order valence-corrected chi connectivity index (χ3v) is 8.16. The number of benzene rings is 3. The van der Waals surface area contributed by atoms with Crippen LogP contribution in [-0.4, -0.2) is 30.6 Å². The fraction of sp³-hybridized carbons (Fsp3) is 0.364. The maximum atomic E-state index is 11.2. The summed E-state index contributed by atoms with van der Waals surface area (Å²) in [7, 11) is 0. The number of halogens is 1. The topological polar surface area (TPSA) is 68.1 Å². The first kappa shape index (κ1) is 29.0. The second-order valence-corrected chi connectivity index (χ2v) is 12.1. The van der Waals surface area contributed by atoms with Gasteiger partial charge < -0.3 is 9.84 Å². The zero-order valence-electron chi connectivity index (χ0n) is 23.6. The van der Waals surface area contributed by atoms with Gasteiger partial charge in [0.2, 0.25) is 0 Å². The molecule has 0 aliphatic heterocycles. The van der Waals surface area contributed by atoms with Crippen molar-refractivity contribution in [2.75, 3.05) is 6.61 Å². The molecule has 5 nitrogen and oxygen atoms in total. The number of phenols is 1. The van der Waals surface area contributed by atoms with Crippen molar-refractivity contribution in [3.05, 3.63) is 76.9 Å². The highest BCUT2D eigenvalue weighted by molar-refractivity contribution is 14.1. The highest BCUT2D eigenvalue weighted by Crippen LogP contribution is 2.37. The van der Waals surface area contributed by atoms with Gasteiger partial charge >= 0.3 is 0 Å². The summed E-state index contributed by atoms with van der Waals surface area (Å²) >= 11 is 2.53. The molecule has 0 aliphatic rings. The molecular formula is C33H38IN3O2. The molecule has 0 spiro atoms. The van der Waals surface area contributed by atoms with Gasteiger partial charge in [0, 0.05) is 15.1 Å². The van der Waals surface area contributed by atoms with E-state index >= 15 is 0 Å². The number of alkyl halides is 1. The lowest BCUT2D eigenvalue weighted by Gasteiger charge is -2.14. The summed E-state index contributed by atoms with van der Waals surface area (Å²) in [5, 5.41) is 11.2. The molecule has 1 N–H and O–H groups in total. The lowest BCUT2D eigenvalue weighted by molar-refractivity contribution is 0.290. The summed E-state index contributed by atoms with van der Waals surface area (Å²) in [5.74, 6) is 2.09. The molecule has 4 rings (SSSR count). The van der Waals surface area contributed by atoms with E-state index in [0.717, 1.165) is 35.1 Å². The van der Waals surface area contributed by atoms with Crippen molar-refractivity contribution in [1.29, 1.82) is 0 Å². The quantitative estimate of drug-likeness (QED) is 0.101. The van der Waals surface area contributed by atoms with Crippen molar-refractivity contribution in [3.8, 4) is 45.7 Å². The van der Waals surface area contributed by atoms with Crippen LogP contribution in [0.15, 0.2) is 54.6 Å². The van der Waals surface area contributed by atoms with Crippen LogP contribution in [0.5, 0.6) is 11.5 Å². The lowest BCUT2D eigenvalue weighted by atomic mass is 10.0. The van der Waals surface area contributed by atoms with E-state index in [-0.39, 0.29) is 5.75 Å². The summed E-state index contributed by atoms with van der Waals surface area (Å²) in [6, 6.07) is 18.0. The van der Waals surface area contributed by atoms with Crippen LogP contribution in [0.1, 0.15) is 61.3 Å². The largest absolute Gasteiger partial charge is 0.504 e. The number of aromatic hydroxyl groups is 1. The first-order valence-electron chi connectivity index (χ1n) is 13.8. The van der Waals surface area contributed by atoms with E-state index in [1.807, 2.05) is 12.1 Å². The van der Waals surface area contributed by atoms with Crippen molar-refractivity contribution < 1.29 is 9.84 Å². The first-order chi connectivity index (χ1) is 18.8. The first-order valence-corrected chi connectivity index (χ1v) is 15.0. The Morgan fingerprint density at radius 2 is 1.28 bits per heavy atom. The van der Waals surface area contributed by atoms with E-state index in [1.165, 1.54) is 30.4 Å². The van der Waals surface area contributed by atoms with Gasteiger partial charge in [0.1, 0.15) is 0 Å². The van der Waals surface area contributed by atoms with Crippen LogP contribution in [0.4, 0.5) is 0 Å². The van der Waals surface area contributed by atoms with E-state index in [0.29, 0.717) is 39.3 Å². The molecule has 6 heteroatoms. The average Bonchev–Trinajstić information content (AvgIpc) is 2.90. The summed E-state index contributed by atoms with van der Waals surface area (Å²) in [6.07, 6.45) is 5.78. The molecule has 0 radical (unpaired) electrons. The molecule has 0 amide bonds. The van der Waals surface area contributed by atoms with Crippen LogP contribution in [0.2, 0.25) is 0 Å². The fourth-order valence-corrected chi connectivity index (χ4v) is 5.62. The lowest BCUT2D eigenvalue weighted by Crippen LogP contribution is -2.04. The van der Waals surface area contributed by atoms with Gasteiger partial charge in [-0.05, 0) is 70.2 Å². The number of aromatic nitrogens is 3. The smallest absolute Gasteiger partial charge is 0.168 e. The molecule has 0 bridgehead atoms. The van der Waals surface area contributed by atoms with Gasteiger partial charge in [-0.3, -0.25) is 0 Å². The normalized spacial score (nSPS) is 11.9. The van der Waals surface area contributed by atoms with Crippen LogP contribution in [0.25, 0.3) is 34.2 Å². The minimum Gasteiger partial charge on any atom is -0.504 e. The van der Waals surface area contributed by atoms with Crippen LogP contribution in [-0.2, 0) is 0 Å². The van der Waals surface area contributed by atoms with Crippen molar-refractivity contribution in [1.82, 2.24) is 15.0 Å². The molecule has 1 aromatic heterocycles. The Hall–Kier alpha value is -3.00. The van der Waals surface area contributed by atoms with E-state index < -0.39 is 0 Å². The van der Waals surface area contributed by atoms with Gasteiger partial charge in [-0.2, -0.15) is 0 Å². The highest BCUT2D eigenvalue weighted by atomic mass is 127. The number of ether oxygens (including phenoxy) is 1. The Bertz CT molecular complexity index is 1370. The van der Waals surface area contributed by atoms with E-state index in [9.17, 15) is 5.11 Å². The van der Waals surface area contributed by atoms with Gasteiger partial charge in [0.25, 0.3) is 0 Å². The Kier molecular flexibility index (Phi) is 9.94. The summed E-state index contributed by atoms with van der Waals surface area (Å²) in [4.78, 5) is 14.6. The number of unbranched alkanes of at least 4 members (excludes halogenated alkanes) is 1. The van der Waals surface area contributed by atoms with E-state index in [1.54, 1.807) is 6.07 Å². The zero-order valence-corrected chi connectivity index (χ0v) is 25.7. The molecule has 39 heavy (non-hydrogen) atoms. The van der Waals surface area contributed by atoms with Gasteiger partial charge in [0.15, 0.2) is 29.0 Å². The minimum absolute atomic E-state index is 0.0545. The zero-order chi connectivity index (χ0) is 27.9. The molecule has 0 saturated carbocycles. The Balaban J connectivity index is 1.70. The van der Waals surface area contributed by atoms with Crippen LogP contribution >= 0.6 is 22.6 Å². The van der Waals surface area contributed by atoms with Gasteiger partial charge in [-0.25, -0.2) is 15.0 Å². The molecule has 204 valence electrons. The molecule has 0 saturated heterocycles. The van der Waals surface area contributed by atoms with Crippen molar-refractivity contribution in [2.45, 2.75) is 70.6 Å². The second kappa shape index (κ2) is 13.4. The number of nitrogens with zero attached hydrogens (tertiary/aromatic N) is 3. The summed E-state index contributed by atoms with van der Waals surface area (Å²) in [5.41, 5.74) is 6.96. The minimum atomic E-state index is 0.0545. The van der Waals surface area contributed by atoms with Crippen LogP contribution in [0, 0.1) is 27.7 Å². The molecule has 0 fully saturated rings. The maximum Gasteiger partial charge on any atom is 0.168 e. The van der Waals surface area contributed by atoms with Crippen molar-refractivity contribution in [2.24, 2.45) is 0 Å². The molecule has 1 heterocycles. The molecule has 1 unspecified atom stereocenters. The molecule has 4 aromatic rings. The van der Waals surface area contributed by atoms with Crippen LogP contribution < -0.4 is 4.74 Å². The fourth-order valence-electron chi connectivity index (χ4n) is 4.74. The Morgan fingerprint density at radius 3 is 1.82 bits per heavy atom. The van der Waals surface area contributed by atoms with Crippen molar-refractivity contribution >= 4 is 22.6 Å². The number of phenolic OH excluding ortho intramolecular Hbond substituents is 1. The predicted molar refractivity (Wildman–Crippen MR) is 169 cm³/mol. The number of para-hydroxylation sites is 1. The Morgan fingerprint density at radius 1 is 0.744 bits per heavy atom. The molecule has 3 aromatic carbocycles. The van der Waals surface area contributed by atoms with E-state index in [2.05, 4.69) is 93.6 Å². The highest BCUT2D eigenvalue weighted by Gasteiger charge is 2.19. The number of rotatable bonds is 11. The summed E-state index contributed by atoms with van der Waals surface area (Å²) < 4.78 is 6.68. The number of aryl methyl sites for hydroxylation is 4. The average molecular weight is 636 g/mol.